The van der Waals surface area contributed by atoms with E-state index in [0.717, 1.165) is 0 Å². The Bertz CT molecular complexity index is 378. The maximum atomic E-state index is 11.2. The molecular formula is C9H7Cl4NO2. The SMILES string of the molecule is O=C(Nc1ccccc1Cl)OCC(Cl)(Cl)Cl. The van der Waals surface area contributed by atoms with Crippen molar-refractivity contribution in [3.8, 4) is 0 Å². The fraction of sp³-hybridized carbons (Fsp3) is 0.222. The maximum absolute atomic E-state index is 11.2. The lowest BCUT2D eigenvalue weighted by Gasteiger charge is -2.12. The molecule has 7 heteroatoms. The van der Waals surface area contributed by atoms with Crippen molar-refractivity contribution in [2.75, 3.05) is 11.9 Å². The average molecular weight is 303 g/mol. The lowest BCUT2D eigenvalue weighted by Crippen LogP contribution is -2.21. The van der Waals surface area contributed by atoms with Gasteiger partial charge in [0.1, 0.15) is 6.61 Å². The maximum Gasteiger partial charge on any atom is 0.411 e. The number of nitrogens with one attached hydrogen (secondary N) is 1. The van der Waals surface area contributed by atoms with Crippen molar-refractivity contribution in [3.63, 3.8) is 0 Å². The number of benzene rings is 1. The van der Waals surface area contributed by atoms with Crippen LogP contribution in [0.5, 0.6) is 0 Å². The number of halogens is 4. The molecule has 0 unspecified atom stereocenters. The summed E-state index contributed by atoms with van der Waals surface area (Å²) >= 11 is 22.0. The molecule has 0 atom stereocenters. The summed E-state index contributed by atoms with van der Waals surface area (Å²) in [7, 11) is 0. The predicted octanol–water partition coefficient (Wildman–Crippen LogP) is 4.26. The highest BCUT2D eigenvalue weighted by Gasteiger charge is 2.22. The van der Waals surface area contributed by atoms with Gasteiger partial charge in [0.2, 0.25) is 3.79 Å². The number of anilines is 1. The quantitative estimate of drug-likeness (QED) is 0.829. The Hall–Kier alpha value is -0.350. The second-order valence-corrected chi connectivity index (χ2v) is 5.72. The van der Waals surface area contributed by atoms with Crippen molar-refractivity contribution in [2.45, 2.75) is 3.79 Å². The van der Waals surface area contributed by atoms with Crippen LogP contribution < -0.4 is 5.32 Å². The van der Waals surface area contributed by atoms with Gasteiger partial charge in [-0.3, -0.25) is 5.32 Å². The minimum Gasteiger partial charge on any atom is -0.445 e. The molecule has 1 aromatic rings. The number of amides is 1. The molecule has 1 N–H and O–H groups in total. The van der Waals surface area contributed by atoms with E-state index in [1.807, 2.05) is 0 Å². The Morgan fingerprint density at radius 1 is 1.31 bits per heavy atom. The molecule has 1 rings (SSSR count). The molecule has 0 spiro atoms. The van der Waals surface area contributed by atoms with Crippen LogP contribution in [0.4, 0.5) is 10.5 Å². The van der Waals surface area contributed by atoms with Crippen LogP contribution in [0.2, 0.25) is 5.02 Å². The van der Waals surface area contributed by atoms with E-state index in [-0.39, 0.29) is 6.61 Å². The Labute approximate surface area is 113 Å². The van der Waals surface area contributed by atoms with Gasteiger partial charge in [-0.2, -0.15) is 0 Å². The highest BCUT2D eigenvalue weighted by atomic mass is 35.6. The minimum atomic E-state index is -1.63. The van der Waals surface area contributed by atoms with E-state index in [0.29, 0.717) is 10.7 Å². The number of ether oxygens (including phenoxy) is 1. The number of rotatable bonds is 2. The zero-order valence-electron chi connectivity index (χ0n) is 7.84. The first kappa shape index (κ1) is 13.7. The van der Waals surface area contributed by atoms with Gasteiger partial charge in [0, 0.05) is 0 Å². The van der Waals surface area contributed by atoms with E-state index in [9.17, 15) is 4.79 Å². The van der Waals surface area contributed by atoms with Crippen LogP contribution in [-0.4, -0.2) is 16.5 Å². The molecule has 88 valence electrons. The van der Waals surface area contributed by atoms with Crippen LogP contribution in [-0.2, 0) is 4.74 Å². The van der Waals surface area contributed by atoms with Crippen LogP contribution in [0.15, 0.2) is 24.3 Å². The number of alkyl halides is 3. The Morgan fingerprint density at radius 3 is 2.50 bits per heavy atom. The third kappa shape index (κ3) is 5.12. The highest BCUT2D eigenvalue weighted by molar-refractivity contribution is 6.67. The molecule has 0 aliphatic heterocycles. The molecule has 3 nitrogen and oxygen atoms in total. The van der Waals surface area contributed by atoms with Crippen molar-refractivity contribution in [1.82, 2.24) is 0 Å². The van der Waals surface area contributed by atoms with E-state index in [4.69, 9.17) is 46.4 Å². The standard InChI is InChI=1S/C9H7Cl4NO2/c10-6-3-1-2-4-7(6)14-8(15)16-5-9(11,12)13/h1-4H,5H2,(H,14,15). The van der Waals surface area contributed by atoms with Gasteiger partial charge in [0.15, 0.2) is 0 Å². The predicted molar refractivity (Wildman–Crippen MR) is 66.7 cm³/mol. The first-order valence-electron chi connectivity index (χ1n) is 4.13. The second-order valence-electron chi connectivity index (χ2n) is 2.80. The van der Waals surface area contributed by atoms with E-state index in [2.05, 4.69) is 10.1 Å². The van der Waals surface area contributed by atoms with Crippen LogP contribution in [0.3, 0.4) is 0 Å². The van der Waals surface area contributed by atoms with E-state index in [1.165, 1.54) is 0 Å². The monoisotopic (exact) mass is 301 g/mol. The normalized spacial score (nSPS) is 11.0. The molecule has 0 aromatic heterocycles. The van der Waals surface area contributed by atoms with Gasteiger partial charge in [-0.25, -0.2) is 4.79 Å². The number of hydrogen-bond acceptors (Lipinski definition) is 2. The molecule has 0 saturated carbocycles. The van der Waals surface area contributed by atoms with Crippen LogP contribution in [0.25, 0.3) is 0 Å². The van der Waals surface area contributed by atoms with Gasteiger partial charge in [-0.15, -0.1) is 0 Å². The molecule has 0 saturated heterocycles. The molecule has 0 heterocycles. The zero-order chi connectivity index (χ0) is 12.2. The molecule has 0 aliphatic carbocycles. The fourth-order valence-electron chi connectivity index (χ4n) is 0.856. The highest BCUT2D eigenvalue weighted by Crippen LogP contribution is 2.26. The van der Waals surface area contributed by atoms with E-state index in [1.54, 1.807) is 24.3 Å². The van der Waals surface area contributed by atoms with Crippen molar-refractivity contribution >= 4 is 58.2 Å². The number of carbonyl (C=O) groups excluding carboxylic acids is 1. The van der Waals surface area contributed by atoms with Crippen molar-refractivity contribution in [1.29, 1.82) is 0 Å². The zero-order valence-corrected chi connectivity index (χ0v) is 10.9. The third-order valence-electron chi connectivity index (χ3n) is 1.48. The molecule has 0 fully saturated rings. The van der Waals surface area contributed by atoms with E-state index < -0.39 is 9.89 Å². The first-order valence-corrected chi connectivity index (χ1v) is 5.65. The van der Waals surface area contributed by atoms with Crippen LogP contribution in [0, 0.1) is 0 Å². The van der Waals surface area contributed by atoms with Gasteiger partial charge < -0.3 is 4.74 Å². The van der Waals surface area contributed by atoms with Crippen molar-refractivity contribution < 1.29 is 9.53 Å². The van der Waals surface area contributed by atoms with Gasteiger partial charge >= 0.3 is 6.09 Å². The summed E-state index contributed by atoms with van der Waals surface area (Å²) in [5.74, 6) is 0. The average Bonchev–Trinajstić information content (AvgIpc) is 2.18. The number of para-hydroxylation sites is 1. The topological polar surface area (TPSA) is 38.3 Å². The lowest BCUT2D eigenvalue weighted by atomic mass is 10.3. The second kappa shape index (κ2) is 5.82. The van der Waals surface area contributed by atoms with Crippen molar-refractivity contribution in [2.24, 2.45) is 0 Å². The summed E-state index contributed by atoms with van der Waals surface area (Å²) in [6.07, 6.45) is -0.737. The molecule has 0 bridgehead atoms. The lowest BCUT2D eigenvalue weighted by molar-refractivity contribution is 0.164. The number of carbonyl (C=O) groups is 1. The molecule has 16 heavy (non-hydrogen) atoms. The molecule has 0 radical (unpaired) electrons. The summed E-state index contributed by atoms with van der Waals surface area (Å²) in [5.41, 5.74) is 0.429. The largest absolute Gasteiger partial charge is 0.445 e. The van der Waals surface area contributed by atoms with Crippen molar-refractivity contribution in [3.05, 3.63) is 29.3 Å². The Balaban J connectivity index is 2.50. The smallest absolute Gasteiger partial charge is 0.411 e. The number of hydrogen-bond donors (Lipinski definition) is 1. The summed E-state index contributed by atoms with van der Waals surface area (Å²) in [6, 6.07) is 6.71. The summed E-state index contributed by atoms with van der Waals surface area (Å²) in [5, 5.41) is 2.81. The van der Waals surface area contributed by atoms with Crippen LogP contribution in [0.1, 0.15) is 0 Å². The Morgan fingerprint density at radius 2 is 1.94 bits per heavy atom. The molecule has 0 aliphatic rings. The molecular weight excluding hydrogens is 296 g/mol. The van der Waals surface area contributed by atoms with E-state index >= 15 is 0 Å². The summed E-state index contributed by atoms with van der Waals surface area (Å²) in [4.78, 5) is 11.2. The summed E-state index contributed by atoms with van der Waals surface area (Å²) < 4.78 is 3.03. The minimum absolute atomic E-state index is 0.339. The van der Waals surface area contributed by atoms with Crippen LogP contribution >= 0.6 is 46.4 Å². The third-order valence-corrected chi connectivity index (χ3v) is 2.13. The molecule has 1 amide bonds. The van der Waals surface area contributed by atoms with Gasteiger partial charge in [-0.05, 0) is 12.1 Å². The van der Waals surface area contributed by atoms with Gasteiger partial charge in [0.25, 0.3) is 0 Å². The Kier molecular flexibility index (Phi) is 4.99. The first-order chi connectivity index (χ1) is 7.38. The molecule has 1 aromatic carbocycles. The van der Waals surface area contributed by atoms with Gasteiger partial charge in [0.05, 0.1) is 10.7 Å². The van der Waals surface area contributed by atoms with Gasteiger partial charge in [-0.1, -0.05) is 58.5 Å². The fourth-order valence-corrected chi connectivity index (χ4v) is 1.20. The summed E-state index contributed by atoms with van der Waals surface area (Å²) in [6.45, 7) is -0.339.